The Hall–Kier alpha value is -3.86. The molecular weight excluding hydrogens is 424 g/mol. The summed E-state index contributed by atoms with van der Waals surface area (Å²) < 4.78 is 0. The maximum absolute atomic E-state index is 13.1. The summed E-state index contributed by atoms with van der Waals surface area (Å²) in [6.45, 7) is 15.8. The van der Waals surface area contributed by atoms with Gasteiger partial charge in [0.1, 0.15) is 0 Å². The number of hydrogen-bond donors (Lipinski definition) is 2. The number of amides is 1. The second-order valence-electron chi connectivity index (χ2n) is 8.04. The molecular formula is C29H34N2O3. The van der Waals surface area contributed by atoms with Crippen molar-refractivity contribution in [1.82, 2.24) is 4.90 Å². The van der Waals surface area contributed by atoms with Crippen LogP contribution in [0.5, 0.6) is 0 Å². The molecule has 1 amide bonds. The molecule has 0 aliphatic carbocycles. The fourth-order valence-corrected chi connectivity index (χ4v) is 3.67. The third kappa shape index (κ3) is 6.35. The van der Waals surface area contributed by atoms with Crippen LogP contribution in [0.4, 0.5) is 5.69 Å². The van der Waals surface area contributed by atoms with E-state index in [1.807, 2.05) is 84.0 Å². The van der Waals surface area contributed by atoms with Gasteiger partial charge in [-0.1, -0.05) is 68.5 Å². The van der Waals surface area contributed by atoms with Gasteiger partial charge in [0, 0.05) is 23.7 Å². The lowest BCUT2D eigenvalue weighted by molar-refractivity contribution is -0.122. The summed E-state index contributed by atoms with van der Waals surface area (Å²) in [6, 6.07) is 14.7. The van der Waals surface area contributed by atoms with E-state index >= 15 is 0 Å². The van der Waals surface area contributed by atoms with E-state index in [4.69, 9.17) is 0 Å². The predicted molar refractivity (Wildman–Crippen MR) is 140 cm³/mol. The van der Waals surface area contributed by atoms with Crippen molar-refractivity contribution < 1.29 is 14.7 Å². The molecule has 3 rings (SSSR count). The smallest absolute Gasteiger partial charge is 0.337 e. The molecule has 0 saturated carbocycles. The summed E-state index contributed by atoms with van der Waals surface area (Å²) in [5.41, 5.74) is 5.73. The van der Waals surface area contributed by atoms with Crippen molar-refractivity contribution in [1.29, 1.82) is 0 Å². The number of hydrogen-bond acceptors (Lipinski definition) is 3. The number of anilines is 1. The lowest BCUT2D eigenvalue weighted by Crippen LogP contribution is -2.32. The monoisotopic (exact) mass is 458 g/mol. The van der Waals surface area contributed by atoms with Crippen molar-refractivity contribution in [3.05, 3.63) is 107 Å². The molecule has 0 fully saturated rings. The second-order valence-corrected chi connectivity index (χ2v) is 8.04. The minimum Gasteiger partial charge on any atom is -0.478 e. The molecule has 1 aliphatic heterocycles. The highest BCUT2D eigenvalue weighted by atomic mass is 16.4. The molecule has 1 atom stereocenters. The molecule has 5 nitrogen and oxygen atoms in total. The van der Waals surface area contributed by atoms with Gasteiger partial charge in [-0.05, 0) is 62.1 Å². The maximum atomic E-state index is 13.1. The van der Waals surface area contributed by atoms with Crippen molar-refractivity contribution in [2.75, 3.05) is 5.32 Å². The van der Waals surface area contributed by atoms with Crippen LogP contribution in [0.1, 0.15) is 56.1 Å². The Labute approximate surface area is 202 Å². The summed E-state index contributed by atoms with van der Waals surface area (Å²) in [5, 5.41) is 12.8. The van der Waals surface area contributed by atoms with Crippen LogP contribution in [0.25, 0.3) is 5.57 Å². The molecule has 0 saturated heterocycles. The van der Waals surface area contributed by atoms with E-state index < -0.39 is 5.97 Å². The lowest BCUT2D eigenvalue weighted by Gasteiger charge is -2.30. The topological polar surface area (TPSA) is 69.6 Å². The minimum atomic E-state index is -0.991. The number of aromatic carboxylic acids is 1. The Morgan fingerprint density at radius 2 is 1.74 bits per heavy atom. The fraction of sp³-hybridized carbons (Fsp3) is 0.241. The number of benzene rings is 2. The number of aryl methyl sites for hydroxylation is 1. The molecule has 34 heavy (non-hydrogen) atoms. The Kier molecular flexibility index (Phi) is 9.19. The van der Waals surface area contributed by atoms with Gasteiger partial charge >= 0.3 is 5.97 Å². The summed E-state index contributed by atoms with van der Waals surface area (Å²) in [7, 11) is 0. The first-order valence-corrected chi connectivity index (χ1v) is 11.4. The number of carboxylic acid groups (broad SMARTS) is 1. The van der Waals surface area contributed by atoms with Gasteiger partial charge in [-0.3, -0.25) is 9.69 Å². The molecule has 0 radical (unpaired) electrons. The highest BCUT2D eigenvalue weighted by Gasteiger charge is 2.24. The van der Waals surface area contributed by atoms with E-state index in [9.17, 15) is 14.7 Å². The average molecular weight is 459 g/mol. The normalized spacial score (nSPS) is 14.4. The molecule has 2 aromatic carbocycles. The first-order chi connectivity index (χ1) is 16.2. The Balaban J connectivity index is 0.00000199. The summed E-state index contributed by atoms with van der Waals surface area (Å²) in [5.74, 6) is -1.18. The number of carboxylic acids is 1. The van der Waals surface area contributed by atoms with Crippen LogP contribution in [0.2, 0.25) is 0 Å². The van der Waals surface area contributed by atoms with Crippen LogP contribution in [-0.4, -0.2) is 27.9 Å². The van der Waals surface area contributed by atoms with Crippen molar-refractivity contribution in [2.45, 2.75) is 47.6 Å². The van der Waals surface area contributed by atoms with Crippen LogP contribution in [-0.2, 0) is 4.79 Å². The predicted octanol–water partition coefficient (Wildman–Crippen LogP) is 6.81. The highest BCUT2D eigenvalue weighted by molar-refractivity contribution is 5.97. The van der Waals surface area contributed by atoms with Crippen LogP contribution < -0.4 is 5.32 Å². The highest BCUT2D eigenvalue weighted by Crippen LogP contribution is 2.29. The quantitative estimate of drug-likeness (QED) is 0.467. The Morgan fingerprint density at radius 3 is 2.35 bits per heavy atom. The van der Waals surface area contributed by atoms with Gasteiger partial charge in [-0.25, -0.2) is 4.79 Å². The van der Waals surface area contributed by atoms with Crippen molar-refractivity contribution in [2.24, 2.45) is 0 Å². The number of allylic oxidation sites excluding steroid dienone is 3. The van der Waals surface area contributed by atoms with Gasteiger partial charge in [0.15, 0.2) is 0 Å². The van der Waals surface area contributed by atoms with E-state index in [-0.39, 0.29) is 17.5 Å². The molecule has 0 aromatic heterocycles. The molecule has 5 heteroatoms. The SMILES string of the molecule is C=C1C(C(C)Nc2ccc(C)cc2C(=O)O)=CC(C)=CN1C(=O)/C=C(\C)c1ccccc1.CC. The van der Waals surface area contributed by atoms with Crippen molar-refractivity contribution >= 4 is 23.1 Å². The molecule has 1 unspecified atom stereocenters. The maximum Gasteiger partial charge on any atom is 0.337 e. The number of nitrogens with zero attached hydrogens (tertiary/aromatic N) is 1. The number of carbonyl (C=O) groups is 2. The minimum absolute atomic E-state index is 0.185. The first-order valence-electron chi connectivity index (χ1n) is 11.4. The molecule has 0 spiro atoms. The van der Waals surface area contributed by atoms with Gasteiger partial charge in [0.25, 0.3) is 5.91 Å². The van der Waals surface area contributed by atoms with E-state index in [1.54, 1.807) is 29.3 Å². The van der Waals surface area contributed by atoms with Crippen LogP contribution in [0, 0.1) is 6.92 Å². The summed E-state index contributed by atoms with van der Waals surface area (Å²) in [6.07, 6.45) is 5.34. The van der Waals surface area contributed by atoms with Gasteiger partial charge in [-0.15, -0.1) is 0 Å². The Morgan fingerprint density at radius 1 is 1.09 bits per heavy atom. The van der Waals surface area contributed by atoms with Gasteiger partial charge in [0.05, 0.1) is 11.6 Å². The lowest BCUT2D eigenvalue weighted by atomic mass is 9.98. The standard InChI is InChI=1S/C27H28N2O3.C2H6/c1-17-11-12-25(24(13-17)27(31)32)28-20(4)23-14-18(2)16-29(21(23)5)26(30)15-19(3)22-9-7-6-8-10-22;1-2/h6-16,20,28H,5H2,1-4H3,(H,31,32);1-2H3/b19-15+;. The molecule has 1 heterocycles. The zero-order valence-corrected chi connectivity index (χ0v) is 20.8. The number of rotatable bonds is 6. The van der Waals surface area contributed by atoms with Gasteiger partial charge < -0.3 is 10.4 Å². The molecule has 2 N–H and O–H groups in total. The second kappa shape index (κ2) is 11.8. The summed E-state index contributed by atoms with van der Waals surface area (Å²) >= 11 is 0. The Bertz CT molecular complexity index is 1160. The fourth-order valence-electron chi connectivity index (χ4n) is 3.67. The van der Waals surface area contributed by atoms with E-state index in [0.29, 0.717) is 11.4 Å². The third-order valence-electron chi connectivity index (χ3n) is 5.39. The van der Waals surface area contributed by atoms with Crippen molar-refractivity contribution in [3.63, 3.8) is 0 Å². The van der Waals surface area contributed by atoms with Crippen LogP contribution >= 0.6 is 0 Å². The van der Waals surface area contributed by atoms with E-state index in [0.717, 1.165) is 27.8 Å². The molecule has 1 aliphatic rings. The van der Waals surface area contributed by atoms with Crippen molar-refractivity contribution in [3.8, 4) is 0 Å². The largest absolute Gasteiger partial charge is 0.478 e. The average Bonchev–Trinajstić information content (AvgIpc) is 2.83. The third-order valence-corrected chi connectivity index (χ3v) is 5.39. The van der Waals surface area contributed by atoms with Gasteiger partial charge in [-0.2, -0.15) is 0 Å². The molecule has 2 aromatic rings. The number of nitrogens with one attached hydrogen (secondary N) is 1. The van der Waals surface area contributed by atoms with Gasteiger partial charge in [0.2, 0.25) is 0 Å². The van der Waals surface area contributed by atoms with Crippen LogP contribution in [0.3, 0.4) is 0 Å². The first kappa shape index (κ1) is 26.4. The van der Waals surface area contributed by atoms with Crippen LogP contribution in [0.15, 0.2) is 90.3 Å². The molecule has 0 bridgehead atoms. The zero-order valence-electron chi connectivity index (χ0n) is 20.8. The number of carbonyl (C=O) groups excluding carboxylic acids is 1. The van der Waals surface area contributed by atoms with E-state index in [1.165, 1.54) is 0 Å². The van der Waals surface area contributed by atoms with E-state index in [2.05, 4.69) is 11.9 Å². The summed E-state index contributed by atoms with van der Waals surface area (Å²) in [4.78, 5) is 26.3. The molecule has 178 valence electrons. The zero-order chi connectivity index (χ0) is 25.4.